The van der Waals surface area contributed by atoms with Crippen molar-refractivity contribution in [3.8, 4) is 0 Å². The van der Waals surface area contributed by atoms with Gasteiger partial charge in [-0.25, -0.2) is 4.39 Å². The second-order valence-electron chi connectivity index (χ2n) is 6.79. The lowest BCUT2D eigenvalue weighted by atomic mass is 9.85. The first-order valence-corrected chi connectivity index (χ1v) is 8.44. The van der Waals surface area contributed by atoms with Gasteiger partial charge in [-0.1, -0.05) is 18.6 Å². The predicted octanol–water partition coefficient (Wildman–Crippen LogP) is 2.88. The predicted molar refractivity (Wildman–Crippen MR) is 84.8 cm³/mol. The molecular formula is C18H25FN2O. The van der Waals surface area contributed by atoms with Crippen molar-refractivity contribution in [2.75, 3.05) is 6.54 Å². The Kier molecular flexibility index (Phi) is 4.77. The summed E-state index contributed by atoms with van der Waals surface area (Å²) in [6, 6.07) is 7.12. The Hall–Kier alpha value is -1.42. The highest BCUT2D eigenvalue weighted by molar-refractivity contribution is 5.79. The van der Waals surface area contributed by atoms with Gasteiger partial charge in [0.05, 0.1) is 0 Å². The van der Waals surface area contributed by atoms with Gasteiger partial charge in [0.15, 0.2) is 0 Å². The average molecular weight is 304 g/mol. The molecule has 0 spiro atoms. The van der Waals surface area contributed by atoms with Crippen molar-refractivity contribution >= 4 is 5.91 Å². The van der Waals surface area contributed by atoms with Crippen LogP contribution in [0.25, 0.3) is 0 Å². The van der Waals surface area contributed by atoms with Crippen LogP contribution in [0, 0.1) is 11.7 Å². The molecule has 2 fully saturated rings. The SMILES string of the molecule is N[C@@H]1CCC[C@H](C(=O)N2CCC[C@@H]2Cc2cccc(F)c2)C1. The van der Waals surface area contributed by atoms with Crippen LogP contribution < -0.4 is 5.73 Å². The summed E-state index contributed by atoms with van der Waals surface area (Å²) in [6.45, 7) is 0.838. The molecular weight excluding hydrogens is 279 g/mol. The molecule has 1 saturated carbocycles. The van der Waals surface area contributed by atoms with E-state index in [1.165, 1.54) is 6.07 Å². The van der Waals surface area contributed by atoms with Crippen LogP contribution in [0.15, 0.2) is 24.3 Å². The number of nitrogens with zero attached hydrogens (tertiary/aromatic N) is 1. The van der Waals surface area contributed by atoms with Gasteiger partial charge in [0.2, 0.25) is 5.91 Å². The summed E-state index contributed by atoms with van der Waals surface area (Å²) in [5, 5.41) is 0. The van der Waals surface area contributed by atoms with E-state index in [0.717, 1.165) is 57.1 Å². The summed E-state index contributed by atoms with van der Waals surface area (Å²) in [4.78, 5) is 14.8. The van der Waals surface area contributed by atoms with Gasteiger partial charge in [0.25, 0.3) is 0 Å². The normalized spacial score (nSPS) is 28.8. The van der Waals surface area contributed by atoms with Crippen molar-refractivity contribution in [3.63, 3.8) is 0 Å². The number of likely N-dealkylation sites (tertiary alicyclic amines) is 1. The molecule has 0 aromatic heterocycles. The molecule has 4 heteroatoms. The number of carbonyl (C=O) groups excluding carboxylic acids is 1. The number of rotatable bonds is 3. The maximum atomic E-state index is 13.3. The Morgan fingerprint density at radius 3 is 2.91 bits per heavy atom. The van der Waals surface area contributed by atoms with Crippen molar-refractivity contribution in [2.24, 2.45) is 11.7 Å². The Bertz CT molecular complexity index is 534. The van der Waals surface area contributed by atoms with Crippen LogP contribution in [0.2, 0.25) is 0 Å². The smallest absolute Gasteiger partial charge is 0.225 e. The first kappa shape index (κ1) is 15.5. The van der Waals surface area contributed by atoms with E-state index in [1.54, 1.807) is 12.1 Å². The molecule has 3 atom stereocenters. The summed E-state index contributed by atoms with van der Waals surface area (Å²) < 4.78 is 13.3. The Balaban J connectivity index is 1.66. The number of hydrogen-bond donors (Lipinski definition) is 1. The minimum Gasteiger partial charge on any atom is -0.339 e. The molecule has 2 aliphatic rings. The summed E-state index contributed by atoms with van der Waals surface area (Å²) in [6.07, 6.45) is 6.70. The number of hydrogen-bond acceptors (Lipinski definition) is 2. The highest BCUT2D eigenvalue weighted by Crippen LogP contribution is 2.29. The van der Waals surface area contributed by atoms with E-state index < -0.39 is 0 Å². The van der Waals surface area contributed by atoms with Gasteiger partial charge in [-0.05, 0) is 56.2 Å². The lowest BCUT2D eigenvalue weighted by molar-refractivity contribution is -0.137. The van der Waals surface area contributed by atoms with Crippen LogP contribution in [0.5, 0.6) is 0 Å². The summed E-state index contributed by atoms with van der Waals surface area (Å²) in [5.41, 5.74) is 7.00. The summed E-state index contributed by atoms with van der Waals surface area (Å²) in [5.74, 6) is 0.164. The van der Waals surface area contributed by atoms with E-state index in [-0.39, 0.29) is 29.7 Å². The highest BCUT2D eigenvalue weighted by atomic mass is 19.1. The lowest BCUT2D eigenvalue weighted by Crippen LogP contribution is -2.43. The molecule has 0 unspecified atom stereocenters. The van der Waals surface area contributed by atoms with E-state index in [1.807, 2.05) is 11.0 Å². The first-order chi connectivity index (χ1) is 10.6. The minimum atomic E-state index is -0.202. The number of carbonyl (C=O) groups is 1. The summed E-state index contributed by atoms with van der Waals surface area (Å²) in [7, 11) is 0. The van der Waals surface area contributed by atoms with Gasteiger partial charge in [-0.3, -0.25) is 4.79 Å². The maximum Gasteiger partial charge on any atom is 0.225 e. The average Bonchev–Trinajstić information content (AvgIpc) is 2.94. The molecule has 3 nitrogen and oxygen atoms in total. The fourth-order valence-corrected chi connectivity index (χ4v) is 3.96. The zero-order valence-electron chi connectivity index (χ0n) is 13.0. The standard InChI is InChI=1S/C18H25FN2O/c19-15-6-1-4-13(10-15)11-17-8-3-9-21(17)18(22)14-5-2-7-16(20)12-14/h1,4,6,10,14,16-17H,2-3,5,7-9,11-12,20H2/t14-,16+,17+/m0/s1. The number of nitrogens with two attached hydrogens (primary N) is 1. The number of benzene rings is 1. The lowest BCUT2D eigenvalue weighted by Gasteiger charge is -2.32. The van der Waals surface area contributed by atoms with Crippen molar-refractivity contribution in [1.29, 1.82) is 0 Å². The Morgan fingerprint density at radius 2 is 2.14 bits per heavy atom. The fourth-order valence-electron chi connectivity index (χ4n) is 3.96. The maximum absolute atomic E-state index is 13.3. The van der Waals surface area contributed by atoms with Crippen molar-refractivity contribution in [2.45, 2.75) is 57.0 Å². The van der Waals surface area contributed by atoms with Crippen molar-refractivity contribution in [1.82, 2.24) is 4.90 Å². The molecule has 120 valence electrons. The summed E-state index contributed by atoms with van der Waals surface area (Å²) >= 11 is 0. The second-order valence-corrected chi connectivity index (χ2v) is 6.79. The second kappa shape index (κ2) is 6.78. The third-order valence-electron chi connectivity index (χ3n) is 5.08. The molecule has 1 aliphatic carbocycles. The van der Waals surface area contributed by atoms with Gasteiger partial charge < -0.3 is 10.6 Å². The Morgan fingerprint density at radius 1 is 1.27 bits per heavy atom. The van der Waals surface area contributed by atoms with Gasteiger partial charge in [-0.2, -0.15) is 0 Å². The fraction of sp³-hybridized carbons (Fsp3) is 0.611. The number of amides is 1. The largest absolute Gasteiger partial charge is 0.339 e. The first-order valence-electron chi connectivity index (χ1n) is 8.44. The van der Waals surface area contributed by atoms with Crippen molar-refractivity contribution in [3.05, 3.63) is 35.6 Å². The van der Waals surface area contributed by atoms with Crippen LogP contribution in [0.3, 0.4) is 0 Å². The van der Waals surface area contributed by atoms with Crippen LogP contribution in [0.1, 0.15) is 44.1 Å². The van der Waals surface area contributed by atoms with Crippen molar-refractivity contribution < 1.29 is 9.18 Å². The van der Waals surface area contributed by atoms with E-state index >= 15 is 0 Å². The third kappa shape index (κ3) is 3.49. The molecule has 1 amide bonds. The minimum absolute atomic E-state index is 0.0943. The monoisotopic (exact) mass is 304 g/mol. The molecule has 1 aliphatic heterocycles. The molecule has 0 bridgehead atoms. The Labute approximate surface area is 131 Å². The van der Waals surface area contributed by atoms with Gasteiger partial charge in [-0.15, -0.1) is 0 Å². The van der Waals surface area contributed by atoms with Crippen LogP contribution in [0.4, 0.5) is 4.39 Å². The van der Waals surface area contributed by atoms with E-state index in [9.17, 15) is 9.18 Å². The van der Waals surface area contributed by atoms with Crippen LogP contribution in [-0.4, -0.2) is 29.4 Å². The zero-order chi connectivity index (χ0) is 15.5. The van der Waals surface area contributed by atoms with Gasteiger partial charge >= 0.3 is 0 Å². The molecule has 22 heavy (non-hydrogen) atoms. The van der Waals surface area contributed by atoms with Gasteiger partial charge in [0.1, 0.15) is 5.82 Å². The molecule has 3 rings (SSSR count). The molecule has 1 aromatic carbocycles. The molecule has 2 N–H and O–H groups in total. The van der Waals surface area contributed by atoms with Crippen LogP contribution >= 0.6 is 0 Å². The number of halogens is 1. The quantitative estimate of drug-likeness (QED) is 0.933. The molecule has 1 heterocycles. The van der Waals surface area contributed by atoms with E-state index in [2.05, 4.69) is 0 Å². The van der Waals surface area contributed by atoms with Crippen LogP contribution in [-0.2, 0) is 11.2 Å². The van der Waals surface area contributed by atoms with E-state index in [4.69, 9.17) is 5.73 Å². The third-order valence-corrected chi connectivity index (χ3v) is 5.08. The zero-order valence-corrected chi connectivity index (χ0v) is 13.0. The topological polar surface area (TPSA) is 46.3 Å². The highest BCUT2D eigenvalue weighted by Gasteiger charge is 2.34. The molecule has 0 radical (unpaired) electrons. The molecule has 1 saturated heterocycles. The van der Waals surface area contributed by atoms with E-state index in [0.29, 0.717) is 0 Å². The van der Waals surface area contributed by atoms with Gasteiger partial charge in [0, 0.05) is 24.5 Å². The molecule has 1 aromatic rings.